The molecule has 0 aliphatic heterocycles. The number of hydrogen-bond acceptors (Lipinski definition) is 5. The van der Waals surface area contributed by atoms with E-state index in [2.05, 4.69) is 20.3 Å². The molecule has 0 fully saturated rings. The van der Waals surface area contributed by atoms with Crippen LogP contribution in [0.15, 0.2) is 30.9 Å². The van der Waals surface area contributed by atoms with Crippen molar-refractivity contribution in [2.24, 2.45) is 0 Å². The average Bonchev–Trinajstić information content (AvgIpc) is 2.89. The Morgan fingerprint density at radius 1 is 1.47 bits per heavy atom. The highest BCUT2D eigenvalue weighted by Gasteiger charge is 2.06. The monoisotopic (exact) mass is 233 g/mol. The molecule has 2 aromatic rings. The summed E-state index contributed by atoms with van der Waals surface area (Å²) in [5.74, 6) is 1.49. The summed E-state index contributed by atoms with van der Waals surface area (Å²) in [6.07, 6.45) is 5.25. The lowest BCUT2D eigenvalue weighted by Crippen LogP contribution is -2.12. The Hall–Kier alpha value is -2.08. The van der Waals surface area contributed by atoms with E-state index in [4.69, 9.17) is 5.11 Å². The van der Waals surface area contributed by atoms with Gasteiger partial charge in [-0.05, 0) is 6.07 Å². The van der Waals surface area contributed by atoms with Gasteiger partial charge in [0.2, 0.25) is 0 Å². The summed E-state index contributed by atoms with van der Waals surface area (Å²) >= 11 is 0. The number of nitrogens with zero attached hydrogens (tertiary/aromatic N) is 3. The molecular weight excluding hydrogens is 218 g/mol. The molecular formula is C11H15N5O. The summed E-state index contributed by atoms with van der Waals surface area (Å²) in [6.45, 7) is 0.553. The first kappa shape index (κ1) is 11.4. The van der Waals surface area contributed by atoms with Gasteiger partial charge >= 0.3 is 0 Å². The Kier molecular flexibility index (Phi) is 3.56. The third kappa shape index (κ3) is 2.73. The number of rotatable bonds is 5. The number of anilines is 3. The van der Waals surface area contributed by atoms with Crippen LogP contribution in [-0.4, -0.2) is 40.3 Å². The largest absolute Gasteiger partial charge is 0.395 e. The molecule has 0 radical (unpaired) electrons. The molecule has 0 aliphatic rings. The van der Waals surface area contributed by atoms with Crippen LogP contribution in [0.2, 0.25) is 0 Å². The first-order chi connectivity index (χ1) is 8.31. The van der Waals surface area contributed by atoms with Crippen molar-refractivity contribution in [3.05, 3.63) is 30.9 Å². The summed E-state index contributed by atoms with van der Waals surface area (Å²) in [7, 11) is 1.93. The number of aliphatic hydroxyl groups excluding tert-OH is 1. The molecule has 0 saturated carbocycles. The van der Waals surface area contributed by atoms with Crippen molar-refractivity contribution < 1.29 is 5.11 Å². The Labute approximate surface area is 99.3 Å². The molecule has 0 aliphatic carbocycles. The SMILES string of the molecule is CN(c1cc[nH]c1)c1cc(NCCO)ncn1. The molecule has 90 valence electrons. The number of aromatic amines is 1. The smallest absolute Gasteiger partial charge is 0.138 e. The third-order valence-corrected chi connectivity index (χ3v) is 2.38. The normalized spacial score (nSPS) is 10.2. The van der Waals surface area contributed by atoms with Gasteiger partial charge in [-0.3, -0.25) is 0 Å². The van der Waals surface area contributed by atoms with Crippen LogP contribution in [0, 0.1) is 0 Å². The molecule has 17 heavy (non-hydrogen) atoms. The van der Waals surface area contributed by atoms with E-state index in [-0.39, 0.29) is 6.61 Å². The van der Waals surface area contributed by atoms with Gasteiger partial charge in [0.25, 0.3) is 0 Å². The fourth-order valence-corrected chi connectivity index (χ4v) is 1.47. The molecule has 0 bridgehead atoms. The van der Waals surface area contributed by atoms with E-state index < -0.39 is 0 Å². The van der Waals surface area contributed by atoms with Crippen LogP contribution in [0.1, 0.15) is 0 Å². The number of aromatic nitrogens is 3. The van der Waals surface area contributed by atoms with Crippen LogP contribution in [0.4, 0.5) is 17.3 Å². The van der Waals surface area contributed by atoms with Gasteiger partial charge in [-0.2, -0.15) is 0 Å². The zero-order valence-electron chi connectivity index (χ0n) is 9.59. The van der Waals surface area contributed by atoms with Gasteiger partial charge in [0.1, 0.15) is 18.0 Å². The number of nitrogens with one attached hydrogen (secondary N) is 2. The van der Waals surface area contributed by atoms with Gasteiger partial charge in [-0.1, -0.05) is 0 Å². The first-order valence-corrected chi connectivity index (χ1v) is 5.34. The molecule has 0 saturated heterocycles. The molecule has 0 unspecified atom stereocenters. The maximum Gasteiger partial charge on any atom is 0.138 e. The van der Waals surface area contributed by atoms with Crippen molar-refractivity contribution in [1.82, 2.24) is 15.0 Å². The molecule has 2 rings (SSSR count). The lowest BCUT2D eigenvalue weighted by atomic mass is 10.4. The fourth-order valence-electron chi connectivity index (χ4n) is 1.47. The Morgan fingerprint density at radius 3 is 3.06 bits per heavy atom. The van der Waals surface area contributed by atoms with Crippen molar-refractivity contribution in [3.63, 3.8) is 0 Å². The Morgan fingerprint density at radius 2 is 2.35 bits per heavy atom. The second kappa shape index (κ2) is 5.31. The van der Waals surface area contributed by atoms with Crippen LogP contribution in [-0.2, 0) is 0 Å². The molecule has 2 heterocycles. The van der Waals surface area contributed by atoms with Crippen LogP contribution >= 0.6 is 0 Å². The van der Waals surface area contributed by atoms with Gasteiger partial charge in [-0.25, -0.2) is 9.97 Å². The van der Waals surface area contributed by atoms with E-state index in [9.17, 15) is 0 Å². The van der Waals surface area contributed by atoms with Crippen molar-refractivity contribution in [3.8, 4) is 0 Å². The maximum atomic E-state index is 8.74. The van der Waals surface area contributed by atoms with Crippen LogP contribution in [0.5, 0.6) is 0 Å². The molecule has 0 spiro atoms. The van der Waals surface area contributed by atoms with Crippen LogP contribution < -0.4 is 10.2 Å². The van der Waals surface area contributed by atoms with Crippen molar-refractivity contribution in [1.29, 1.82) is 0 Å². The Balaban J connectivity index is 2.15. The van der Waals surface area contributed by atoms with E-state index in [1.807, 2.05) is 36.5 Å². The third-order valence-electron chi connectivity index (χ3n) is 2.38. The minimum atomic E-state index is 0.0764. The van der Waals surface area contributed by atoms with Gasteiger partial charge in [0, 0.05) is 32.1 Å². The van der Waals surface area contributed by atoms with E-state index in [0.717, 1.165) is 11.5 Å². The highest BCUT2D eigenvalue weighted by molar-refractivity contribution is 5.60. The lowest BCUT2D eigenvalue weighted by molar-refractivity contribution is 0.311. The fraction of sp³-hybridized carbons (Fsp3) is 0.273. The van der Waals surface area contributed by atoms with E-state index in [1.54, 1.807) is 0 Å². The predicted molar refractivity (Wildman–Crippen MR) is 66.5 cm³/mol. The van der Waals surface area contributed by atoms with E-state index >= 15 is 0 Å². The van der Waals surface area contributed by atoms with Crippen LogP contribution in [0.3, 0.4) is 0 Å². The second-order valence-electron chi connectivity index (χ2n) is 3.54. The number of hydrogen-bond donors (Lipinski definition) is 3. The molecule has 0 aromatic carbocycles. The van der Waals surface area contributed by atoms with Gasteiger partial charge < -0.3 is 20.3 Å². The molecule has 6 nitrogen and oxygen atoms in total. The minimum Gasteiger partial charge on any atom is -0.395 e. The highest BCUT2D eigenvalue weighted by atomic mass is 16.3. The predicted octanol–water partition coefficient (Wildman–Crippen LogP) is 0.977. The zero-order valence-corrected chi connectivity index (χ0v) is 9.59. The molecule has 6 heteroatoms. The summed E-state index contributed by atoms with van der Waals surface area (Å²) in [6, 6.07) is 3.80. The number of H-pyrrole nitrogens is 1. The minimum absolute atomic E-state index is 0.0764. The summed E-state index contributed by atoms with van der Waals surface area (Å²) in [5, 5.41) is 11.7. The number of aliphatic hydroxyl groups is 1. The molecule has 0 amide bonds. The van der Waals surface area contributed by atoms with Crippen molar-refractivity contribution in [2.75, 3.05) is 30.4 Å². The topological polar surface area (TPSA) is 77.1 Å². The highest BCUT2D eigenvalue weighted by Crippen LogP contribution is 2.21. The summed E-state index contributed by atoms with van der Waals surface area (Å²) in [4.78, 5) is 13.2. The van der Waals surface area contributed by atoms with Gasteiger partial charge in [0.15, 0.2) is 0 Å². The lowest BCUT2D eigenvalue weighted by Gasteiger charge is -2.16. The summed E-state index contributed by atoms with van der Waals surface area (Å²) in [5.41, 5.74) is 1.02. The second-order valence-corrected chi connectivity index (χ2v) is 3.54. The molecule has 2 aromatic heterocycles. The Bertz CT molecular complexity index is 457. The maximum absolute atomic E-state index is 8.74. The van der Waals surface area contributed by atoms with Crippen LogP contribution in [0.25, 0.3) is 0 Å². The van der Waals surface area contributed by atoms with Gasteiger partial charge in [0.05, 0.1) is 12.3 Å². The quantitative estimate of drug-likeness (QED) is 0.717. The van der Waals surface area contributed by atoms with Crippen molar-refractivity contribution in [2.45, 2.75) is 0 Å². The summed E-state index contributed by atoms with van der Waals surface area (Å²) < 4.78 is 0. The standard InChI is InChI=1S/C11H15N5O/c1-16(9-2-3-12-7-9)11-6-10(13-4-5-17)14-8-15-11/h2-3,6-8,12,17H,4-5H2,1H3,(H,13,14,15). The van der Waals surface area contributed by atoms with E-state index in [1.165, 1.54) is 6.33 Å². The molecule has 3 N–H and O–H groups in total. The average molecular weight is 233 g/mol. The van der Waals surface area contributed by atoms with E-state index in [0.29, 0.717) is 12.4 Å². The van der Waals surface area contributed by atoms with Crippen molar-refractivity contribution >= 4 is 17.3 Å². The zero-order chi connectivity index (χ0) is 12.1. The van der Waals surface area contributed by atoms with Gasteiger partial charge in [-0.15, -0.1) is 0 Å². The first-order valence-electron chi connectivity index (χ1n) is 5.34. The molecule has 0 atom stereocenters.